The Balaban J connectivity index is 2.35. The number of nitrogens with one attached hydrogen (secondary N) is 1. The average Bonchev–Trinajstić information content (AvgIpc) is 2.82. The van der Waals surface area contributed by atoms with Crippen LogP contribution in [0.3, 0.4) is 0 Å². The van der Waals surface area contributed by atoms with E-state index < -0.39 is 5.60 Å². The second-order valence-electron chi connectivity index (χ2n) is 5.97. The van der Waals surface area contributed by atoms with E-state index >= 15 is 0 Å². The fourth-order valence-electron chi connectivity index (χ4n) is 1.80. The summed E-state index contributed by atoms with van der Waals surface area (Å²) in [5.41, 5.74) is -0.0255. The van der Waals surface area contributed by atoms with Gasteiger partial charge < -0.3 is 10.4 Å². The van der Waals surface area contributed by atoms with E-state index in [1.807, 2.05) is 5.38 Å². The van der Waals surface area contributed by atoms with Crippen molar-refractivity contribution in [2.75, 3.05) is 6.54 Å². The number of aromatic nitrogens is 1. The molecule has 0 fully saturated rings. The number of aliphatic hydroxyl groups is 1. The van der Waals surface area contributed by atoms with Gasteiger partial charge in [-0.05, 0) is 32.1 Å². The molecular formula is C15H26N2O2S. The number of hydrogen-bond acceptors (Lipinski definition) is 4. The summed E-state index contributed by atoms with van der Waals surface area (Å²) in [6.45, 7) is 8.37. The Labute approximate surface area is 125 Å². The van der Waals surface area contributed by atoms with Gasteiger partial charge in [-0.2, -0.15) is 0 Å². The number of aryl methyl sites for hydroxylation is 1. The third-order valence-electron chi connectivity index (χ3n) is 3.17. The van der Waals surface area contributed by atoms with Crippen molar-refractivity contribution in [2.24, 2.45) is 5.92 Å². The molecule has 0 aliphatic heterocycles. The maximum atomic E-state index is 11.8. The highest BCUT2D eigenvalue weighted by Crippen LogP contribution is 2.15. The first-order valence-corrected chi connectivity index (χ1v) is 8.12. The van der Waals surface area contributed by atoms with Crippen LogP contribution >= 0.6 is 11.3 Å². The normalized spacial score (nSPS) is 14.3. The molecule has 20 heavy (non-hydrogen) atoms. The number of rotatable bonds is 8. The average molecular weight is 298 g/mol. The SMILES string of the molecule is CCc1nc(CC(=O)NCC(C)(O)CCC(C)C)cs1. The zero-order valence-electron chi connectivity index (χ0n) is 12.9. The minimum atomic E-state index is -0.837. The highest BCUT2D eigenvalue weighted by molar-refractivity contribution is 7.09. The maximum absolute atomic E-state index is 11.8. The van der Waals surface area contributed by atoms with Crippen LogP contribution in [0.4, 0.5) is 0 Å². The molecule has 0 saturated carbocycles. The predicted octanol–water partition coefficient (Wildman–Crippen LogP) is 2.55. The topological polar surface area (TPSA) is 62.2 Å². The standard InChI is InChI=1S/C15H26N2O2S/c1-5-14-17-12(9-20-14)8-13(18)16-10-15(4,19)7-6-11(2)3/h9,11,19H,5-8,10H2,1-4H3,(H,16,18). The lowest BCUT2D eigenvalue weighted by molar-refractivity contribution is -0.121. The molecule has 114 valence electrons. The highest BCUT2D eigenvalue weighted by Gasteiger charge is 2.21. The molecule has 0 radical (unpaired) electrons. The van der Waals surface area contributed by atoms with Crippen LogP contribution in [0.15, 0.2) is 5.38 Å². The molecule has 0 bridgehead atoms. The molecule has 1 heterocycles. The van der Waals surface area contributed by atoms with Crippen molar-refractivity contribution in [2.45, 2.75) is 59.0 Å². The van der Waals surface area contributed by atoms with E-state index in [2.05, 4.69) is 31.1 Å². The van der Waals surface area contributed by atoms with E-state index in [-0.39, 0.29) is 12.3 Å². The monoisotopic (exact) mass is 298 g/mol. The van der Waals surface area contributed by atoms with Gasteiger partial charge in [-0.25, -0.2) is 4.98 Å². The molecule has 1 atom stereocenters. The van der Waals surface area contributed by atoms with Gasteiger partial charge in [0.05, 0.1) is 22.7 Å². The first-order chi connectivity index (χ1) is 9.32. The Morgan fingerprint density at radius 3 is 2.80 bits per heavy atom. The Bertz CT molecular complexity index is 427. The minimum Gasteiger partial charge on any atom is -0.388 e. The molecule has 1 rings (SSSR count). The lowest BCUT2D eigenvalue weighted by Crippen LogP contribution is -2.41. The number of carbonyl (C=O) groups excluding carboxylic acids is 1. The lowest BCUT2D eigenvalue weighted by atomic mass is 9.95. The predicted molar refractivity (Wildman–Crippen MR) is 82.9 cm³/mol. The second kappa shape index (κ2) is 7.74. The van der Waals surface area contributed by atoms with Crippen LogP contribution in [-0.2, 0) is 17.6 Å². The molecule has 1 unspecified atom stereocenters. The van der Waals surface area contributed by atoms with Crippen LogP contribution < -0.4 is 5.32 Å². The maximum Gasteiger partial charge on any atom is 0.226 e. The molecular weight excluding hydrogens is 272 g/mol. The van der Waals surface area contributed by atoms with E-state index in [1.165, 1.54) is 0 Å². The van der Waals surface area contributed by atoms with Gasteiger partial charge in [-0.3, -0.25) is 4.79 Å². The van der Waals surface area contributed by atoms with Crippen LogP contribution in [0.1, 0.15) is 51.2 Å². The molecule has 0 spiro atoms. The van der Waals surface area contributed by atoms with Crippen molar-refractivity contribution in [1.29, 1.82) is 0 Å². The first kappa shape index (κ1) is 17.1. The quantitative estimate of drug-likeness (QED) is 0.775. The van der Waals surface area contributed by atoms with Gasteiger partial charge in [0.2, 0.25) is 5.91 Å². The summed E-state index contributed by atoms with van der Waals surface area (Å²) in [7, 11) is 0. The Morgan fingerprint density at radius 1 is 1.55 bits per heavy atom. The van der Waals surface area contributed by atoms with Crippen LogP contribution in [-0.4, -0.2) is 28.1 Å². The van der Waals surface area contributed by atoms with E-state index in [0.717, 1.165) is 23.5 Å². The molecule has 0 aromatic carbocycles. The first-order valence-electron chi connectivity index (χ1n) is 7.24. The molecule has 4 nitrogen and oxygen atoms in total. The Kier molecular flexibility index (Phi) is 6.62. The van der Waals surface area contributed by atoms with E-state index in [1.54, 1.807) is 18.3 Å². The summed E-state index contributed by atoms with van der Waals surface area (Å²) < 4.78 is 0. The Morgan fingerprint density at radius 2 is 2.25 bits per heavy atom. The molecule has 5 heteroatoms. The van der Waals surface area contributed by atoms with Gasteiger partial charge in [-0.15, -0.1) is 11.3 Å². The van der Waals surface area contributed by atoms with Gasteiger partial charge >= 0.3 is 0 Å². The van der Waals surface area contributed by atoms with Gasteiger partial charge in [0, 0.05) is 11.9 Å². The van der Waals surface area contributed by atoms with Gasteiger partial charge in [-0.1, -0.05) is 20.8 Å². The van der Waals surface area contributed by atoms with Crippen LogP contribution in [0.5, 0.6) is 0 Å². The van der Waals surface area contributed by atoms with E-state index in [0.29, 0.717) is 18.9 Å². The number of thiazole rings is 1. The largest absolute Gasteiger partial charge is 0.388 e. The third kappa shape index (κ3) is 6.48. The number of amides is 1. The van der Waals surface area contributed by atoms with E-state index in [4.69, 9.17) is 0 Å². The number of carbonyl (C=O) groups is 1. The molecule has 0 aliphatic rings. The molecule has 0 saturated heterocycles. The summed E-state index contributed by atoms with van der Waals surface area (Å²) in [4.78, 5) is 16.2. The number of hydrogen-bond donors (Lipinski definition) is 2. The van der Waals surface area contributed by atoms with Crippen molar-refractivity contribution in [3.8, 4) is 0 Å². The number of nitrogens with zero attached hydrogens (tertiary/aromatic N) is 1. The summed E-state index contributed by atoms with van der Waals surface area (Å²) in [6, 6.07) is 0. The lowest BCUT2D eigenvalue weighted by Gasteiger charge is -2.24. The van der Waals surface area contributed by atoms with Gasteiger partial charge in [0.25, 0.3) is 0 Å². The van der Waals surface area contributed by atoms with Crippen LogP contribution in [0, 0.1) is 5.92 Å². The summed E-state index contributed by atoms with van der Waals surface area (Å²) in [5, 5.41) is 16.0. The molecule has 2 N–H and O–H groups in total. The summed E-state index contributed by atoms with van der Waals surface area (Å²) in [6.07, 6.45) is 2.84. The molecule has 1 aromatic rings. The zero-order chi connectivity index (χ0) is 15.2. The minimum absolute atomic E-state index is 0.0808. The van der Waals surface area contributed by atoms with Gasteiger partial charge in [0.1, 0.15) is 0 Å². The smallest absolute Gasteiger partial charge is 0.226 e. The summed E-state index contributed by atoms with van der Waals surface area (Å²) in [5.74, 6) is 0.474. The molecule has 1 aromatic heterocycles. The molecule has 0 aliphatic carbocycles. The third-order valence-corrected chi connectivity index (χ3v) is 4.21. The van der Waals surface area contributed by atoms with Crippen molar-refractivity contribution in [3.63, 3.8) is 0 Å². The van der Waals surface area contributed by atoms with Crippen molar-refractivity contribution in [1.82, 2.24) is 10.3 Å². The second-order valence-corrected chi connectivity index (χ2v) is 6.91. The highest BCUT2D eigenvalue weighted by atomic mass is 32.1. The summed E-state index contributed by atoms with van der Waals surface area (Å²) >= 11 is 1.59. The van der Waals surface area contributed by atoms with Crippen molar-refractivity contribution < 1.29 is 9.90 Å². The van der Waals surface area contributed by atoms with E-state index in [9.17, 15) is 9.90 Å². The van der Waals surface area contributed by atoms with Crippen LogP contribution in [0.25, 0.3) is 0 Å². The van der Waals surface area contributed by atoms with Crippen molar-refractivity contribution in [3.05, 3.63) is 16.1 Å². The molecule has 1 amide bonds. The fourth-order valence-corrected chi connectivity index (χ4v) is 2.54. The fraction of sp³-hybridized carbons (Fsp3) is 0.733. The van der Waals surface area contributed by atoms with Gasteiger partial charge in [0.15, 0.2) is 0 Å². The van der Waals surface area contributed by atoms with Crippen molar-refractivity contribution >= 4 is 17.2 Å². The van der Waals surface area contributed by atoms with Crippen LogP contribution in [0.2, 0.25) is 0 Å². The zero-order valence-corrected chi connectivity index (χ0v) is 13.7. The Hall–Kier alpha value is -0.940.